The highest BCUT2D eigenvalue weighted by molar-refractivity contribution is 4.93. The minimum absolute atomic E-state index is 1.06. The van der Waals surface area contributed by atoms with Gasteiger partial charge in [-0.25, -0.2) is 0 Å². The third-order valence-corrected chi connectivity index (χ3v) is 3.94. The van der Waals surface area contributed by atoms with Crippen molar-refractivity contribution in [2.75, 3.05) is 0 Å². The first-order valence-electron chi connectivity index (χ1n) is 5.31. The van der Waals surface area contributed by atoms with Gasteiger partial charge in [0, 0.05) is 0 Å². The van der Waals surface area contributed by atoms with Gasteiger partial charge < -0.3 is 0 Å². The molecule has 2 saturated carbocycles. The molecule has 0 amide bonds. The van der Waals surface area contributed by atoms with Crippen LogP contribution in [-0.2, 0) is 0 Å². The zero-order valence-corrected chi connectivity index (χ0v) is 7.84. The number of fused-ring (bicyclic) bond motifs is 2. The van der Waals surface area contributed by atoms with Crippen LogP contribution in [0.4, 0.5) is 0 Å². The summed E-state index contributed by atoms with van der Waals surface area (Å²) >= 11 is 0. The summed E-state index contributed by atoms with van der Waals surface area (Å²) in [6, 6.07) is 0. The van der Waals surface area contributed by atoms with Gasteiger partial charge in [0.15, 0.2) is 0 Å². The molecule has 0 aromatic rings. The first-order chi connectivity index (χ1) is 5.31. The van der Waals surface area contributed by atoms with Crippen LogP contribution in [-0.4, -0.2) is 0 Å². The molecule has 11 heavy (non-hydrogen) atoms. The van der Waals surface area contributed by atoms with E-state index < -0.39 is 0 Å². The molecule has 0 N–H and O–H groups in total. The normalized spacial score (nSPS) is 48.5. The highest BCUT2D eigenvalue weighted by Crippen LogP contribution is 2.52. The first-order valence-corrected chi connectivity index (χ1v) is 5.31. The lowest BCUT2D eigenvalue weighted by atomic mass is 9.79. The van der Waals surface area contributed by atoms with Crippen LogP contribution in [0.5, 0.6) is 0 Å². The summed E-state index contributed by atoms with van der Waals surface area (Å²) in [5.41, 5.74) is 0. The van der Waals surface area contributed by atoms with Crippen molar-refractivity contribution in [2.45, 2.75) is 46.0 Å². The van der Waals surface area contributed by atoms with E-state index in [1.54, 1.807) is 19.3 Å². The predicted octanol–water partition coefficient (Wildman–Crippen LogP) is 3.47. The lowest BCUT2D eigenvalue weighted by molar-refractivity contribution is 0.240. The van der Waals surface area contributed by atoms with Crippen LogP contribution >= 0.6 is 0 Å². The Labute approximate surface area is 70.4 Å². The summed E-state index contributed by atoms with van der Waals surface area (Å²) in [7, 11) is 0. The van der Waals surface area contributed by atoms with E-state index in [2.05, 4.69) is 13.8 Å². The molecule has 2 bridgehead atoms. The van der Waals surface area contributed by atoms with E-state index in [0.717, 1.165) is 23.7 Å². The zero-order valence-electron chi connectivity index (χ0n) is 7.84. The van der Waals surface area contributed by atoms with E-state index in [-0.39, 0.29) is 0 Å². The van der Waals surface area contributed by atoms with Crippen LogP contribution in [0.2, 0.25) is 0 Å². The van der Waals surface area contributed by atoms with Crippen molar-refractivity contribution >= 4 is 0 Å². The first kappa shape index (κ1) is 7.64. The molecule has 0 spiro atoms. The average molecular weight is 152 g/mol. The maximum atomic E-state index is 2.46. The second kappa shape index (κ2) is 2.80. The Bertz CT molecular complexity index is 139. The molecule has 0 aliphatic heterocycles. The minimum atomic E-state index is 1.06. The maximum Gasteiger partial charge on any atom is -0.0357 e. The topological polar surface area (TPSA) is 0 Å². The van der Waals surface area contributed by atoms with Crippen molar-refractivity contribution in [3.05, 3.63) is 0 Å². The molecule has 4 atom stereocenters. The van der Waals surface area contributed by atoms with Gasteiger partial charge in [-0.3, -0.25) is 0 Å². The Balaban J connectivity index is 1.96. The largest absolute Gasteiger partial charge is 0.0654 e. The van der Waals surface area contributed by atoms with Gasteiger partial charge in [-0.05, 0) is 42.9 Å². The molecular formula is C11H20. The molecule has 0 nitrogen and oxygen atoms in total. The SMILES string of the molecule is CCCC1CC2CC(C)C1C2. The van der Waals surface area contributed by atoms with E-state index in [1.807, 2.05) is 0 Å². The maximum absolute atomic E-state index is 2.46. The number of hydrogen-bond acceptors (Lipinski definition) is 0. The van der Waals surface area contributed by atoms with E-state index >= 15 is 0 Å². The Kier molecular flexibility index (Phi) is 1.95. The third kappa shape index (κ3) is 1.21. The molecule has 0 heteroatoms. The van der Waals surface area contributed by atoms with Crippen molar-refractivity contribution in [1.82, 2.24) is 0 Å². The zero-order chi connectivity index (χ0) is 7.84. The monoisotopic (exact) mass is 152 g/mol. The van der Waals surface area contributed by atoms with Gasteiger partial charge in [0.2, 0.25) is 0 Å². The predicted molar refractivity (Wildman–Crippen MR) is 48.4 cm³/mol. The van der Waals surface area contributed by atoms with Crippen LogP contribution < -0.4 is 0 Å². The molecule has 2 rings (SSSR count). The fraction of sp³-hybridized carbons (Fsp3) is 1.00. The average Bonchev–Trinajstić information content (AvgIpc) is 2.46. The lowest BCUT2D eigenvalue weighted by Crippen LogP contribution is -2.17. The van der Waals surface area contributed by atoms with Gasteiger partial charge in [0.05, 0.1) is 0 Å². The fourth-order valence-electron chi connectivity index (χ4n) is 3.57. The van der Waals surface area contributed by atoms with Crippen LogP contribution in [0.15, 0.2) is 0 Å². The van der Waals surface area contributed by atoms with Crippen molar-refractivity contribution < 1.29 is 0 Å². The van der Waals surface area contributed by atoms with Gasteiger partial charge in [-0.2, -0.15) is 0 Å². The van der Waals surface area contributed by atoms with Crippen LogP contribution in [0.3, 0.4) is 0 Å². The summed E-state index contributed by atoms with van der Waals surface area (Å²) in [5.74, 6) is 4.44. The quantitative estimate of drug-likeness (QED) is 0.568. The number of rotatable bonds is 2. The number of hydrogen-bond donors (Lipinski definition) is 0. The van der Waals surface area contributed by atoms with Gasteiger partial charge in [-0.1, -0.05) is 26.7 Å². The fourth-order valence-corrected chi connectivity index (χ4v) is 3.57. The van der Waals surface area contributed by atoms with Crippen molar-refractivity contribution in [2.24, 2.45) is 23.7 Å². The molecule has 0 heterocycles. The van der Waals surface area contributed by atoms with Gasteiger partial charge in [0.1, 0.15) is 0 Å². The van der Waals surface area contributed by atoms with Crippen molar-refractivity contribution in [3.63, 3.8) is 0 Å². The van der Waals surface area contributed by atoms with E-state index in [0.29, 0.717) is 0 Å². The molecule has 0 radical (unpaired) electrons. The van der Waals surface area contributed by atoms with Crippen molar-refractivity contribution in [1.29, 1.82) is 0 Å². The summed E-state index contributed by atoms with van der Waals surface area (Å²) in [6.07, 6.45) is 7.60. The Morgan fingerprint density at radius 1 is 1.18 bits per heavy atom. The highest BCUT2D eigenvalue weighted by Gasteiger charge is 2.43. The van der Waals surface area contributed by atoms with Gasteiger partial charge in [-0.15, -0.1) is 0 Å². The van der Waals surface area contributed by atoms with Crippen LogP contribution in [0, 0.1) is 23.7 Å². The van der Waals surface area contributed by atoms with Gasteiger partial charge >= 0.3 is 0 Å². The molecule has 0 aromatic heterocycles. The molecule has 2 aliphatic carbocycles. The molecule has 4 unspecified atom stereocenters. The summed E-state index contributed by atoms with van der Waals surface area (Å²) in [6.45, 7) is 4.79. The summed E-state index contributed by atoms with van der Waals surface area (Å²) in [5, 5.41) is 0. The molecule has 0 saturated heterocycles. The Morgan fingerprint density at radius 2 is 2.00 bits per heavy atom. The molecule has 0 aromatic carbocycles. The third-order valence-electron chi connectivity index (χ3n) is 3.94. The minimum Gasteiger partial charge on any atom is -0.0654 e. The molecule has 2 fully saturated rings. The van der Waals surface area contributed by atoms with Crippen LogP contribution in [0.25, 0.3) is 0 Å². The van der Waals surface area contributed by atoms with Crippen molar-refractivity contribution in [3.8, 4) is 0 Å². The van der Waals surface area contributed by atoms with Crippen LogP contribution in [0.1, 0.15) is 46.0 Å². The smallest absolute Gasteiger partial charge is 0.0357 e. The van der Waals surface area contributed by atoms with E-state index in [1.165, 1.54) is 12.8 Å². The van der Waals surface area contributed by atoms with Gasteiger partial charge in [0.25, 0.3) is 0 Å². The Morgan fingerprint density at radius 3 is 2.55 bits per heavy atom. The highest BCUT2D eigenvalue weighted by atomic mass is 14.5. The summed E-state index contributed by atoms with van der Waals surface area (Å²) in [4.78, 5) is 0. The van der Waals surface area contributed by atoms with E-state index in [4.69, 9.17) is 0 Å². The standard InChI is InChI=1S/C11H20/c1-3-4-10-6-9-5-8(2)11(10)7-9/h8-11H,3-7H2,1-2H3. The molecule has 2 aliphatic rings. The van der Waals surface area contributed by atoms with E-state index in [9.17, 15) is 0 Å². The molecular weight excluding hydrogens is 132 g/mol. The molecule has 64 valence electrons. The summed E-state index contributed by atoms with van der Waals surface area (Å²) < 4.78 is 0. The lowest BCUT2D eigenvalue weighted by Gasteiger charge is -2.26. The Hall–Kier alpha value is 0. The second-order valence-corrected chi connectivity index (χ2v) is 4.76. The second-order valence-electron chi connectivity index (χ2n) is 4.76.